The van der Waals surface area contributed by atoms with E-state index in [4.69, 9.17) is 0 Å². The van der Waals surface area contributed by atoms with Gasteiger partial charge in [0.2, 0.25) is 0 Å². The van der Waals surface area contributed by atoms with Crippen molar-refractivity contribution in [2.24, 2.45) is 5.92 Å². The molecule has 1 aliphatic heterocycles. The molecule has 126 valence electrons. The van der Waals surface area contributed by atoms with E-state index < -0.39 is 0 Å². The van der Waals surface area contributed by atoms with Crippen LogP contribution in [0.3, 0.4) is 0 Å². The van der Waals surface area contributed by atoms with Crippen molar-refractivity contribution in [3.05, 3.63) is 71.8 Å². The van der Waals surface area contributed by atoms with Gasteiger partial charge in [0.15, 0.2) is 0 Å². The molecule has 2 aromatic rings. The monoisotopic (exact) mass is 329 g/mol. The van der Waals surface area contributed by atoms with Crippen LogP contribution < -0.4 is 5.32 Å². The molecule has 23 heavy (non-hydrogen) atoms. The van der Waals surface area contributed by atoms with Gasteiger partial charge < -0.3 is 5.32 Å². The molecule has 3 rings (SSSR count). The molecule has 0 saturated carbocycles. The van der Waals surface area contributed by atoms with Crippen molar-refractivity contribution >= 4 is 12.6 Å². The number of piperidine rings is 1. The first-order valence-electron chi connectivity index (χ1n) is 8.70. The van der Waals surface area contributed by atoms with E-state index in [1.54, 1.807) is 6.26 Å². The molecule has 1 fully saturated rings. The predicted octanol–water partition coefficient (Wildman–Crippen LogP) is 5.39. The molecule has 1 nitrogen and oxygen atoms in total. The molecule has 0 bridgehead atoms. The van der Waals surface area contributed by atoms with E-state index in [1.165, 1.54) is 24.0 Å². The highest BCUT2D eigenvalue weighted by Gasteiger charge is 2.25. The quantitative estimate of drug-likeness (QED) is 0.719. The van der Waals surface area contributed by atoms with E-state index in [9.17, 15) is 0 Å². The minimum atomic E-state index is 0.546. The lowest BCUT2D eigenvalue weighted by molar-refractivity contribution is 0.342. The Morgan fingerprint density at radius 1 is 0.783 bits per heavy atom. The fourth-order valence-electron chi connectivity index (χ4n) is 3.24. The highest BCUT2D eigenvalue weighted by molar-refractivity contribution is 7.79. The maximum absolute atomic E-state index is 3.53. The molecular weight excluding hydrogens is 298 g/mol. The summed E-state index contributed by atoms with van der Waals surface area (Å²) in [5.74, 6) is 1.30. The van der Waals surface area contributed by atoms with Gasteiger partial charge in [0.1, 0.15) is 0 Å². The summed E-state index contributed by atoms with van der Waals surface area (Å²) in [6.45, 7) is 6.31. The lowest BCUT2D eigenvalue weighted by atomic mass is 9.76. The zero-order valence-electron chi connectivity index (χ0n) is 14.7. The second-order valence-electron chi connectivity index (χ2n) is 5.39. The first-order valence-corrected chi connectivity index (χ1v) is 9.60. The molecule has 2 heteroatoms. The third-order valence-electron chi connectivity index (χ3n) is 4.17. The SMILES string of the molecule is CC.CS.c1ccc(C(c2ccccc2)C2CCNCC2)cc1. The molecule has 1 heterocycles. The van der Waals surface area contributed by atoms with E-state index in [1.807, 2.05) is 13.8 Å². The zero-order valence-corrected chi connectivity index (χ0v) is 15.6. The van der Waals surface area contributed by atoms with Crippen LogP contribution in [0.5, 0.6) is 0 Å². The summed E-state index contributed by atoms with van der Waals surface area (Å²) in [7, 11) is 0. The minimum absolute atomic E-state index is 0.546. The lowest BCUT2D eigenvalue weighted by Gasteiger charge is -2.31. The Balaban J connectivity index is 0.000000615. The molecule has 0 radical (unpaired) electrons. The summed E-state index contributed by atoms with van der Waals surface area (Å²) in [4.78, 5) is 0. The van der Waals surface area contributed by atoms with Crippen molar-refractivity contribution in [2.75, 3.05) is 19.3 Å². The van der Waals surface area contributed by atoms with Crippen molar-refractivity contribution in [1.29, 1.82) is 0 Å². The maximum Gasteiger partial charge on any atom is 0.0119 e. The van der Waals surface area contributed by atoms with Gasteiger partial charge in [-0.3, -0.25) is 0 Å². The van der Waals surface area contributed by atoms with Crippen LogP contribution >= 0.6 is 12.6 Å². The summed E-state index contributed by atoms with van der Waals surface area (Å²) < 4.78 is 0. The Labute approximate surface area is 147 Å². The molecular formula is C21H31NS. The van der Waals surface area contributed by atoms with Crippen LogP contribution in [0, 0.1) is 5.92 Å². The zero-order chi connectivity index (χ0) is 16.9. The van der Waals surface area contributed by atoms with E-state index in [-0.39, 0.29) is 0 Å². The topological polar surface area (TPSA) is 12.0 Å². The van der Waals surface area contributed by atoms with Gasteiger partial charge in [0, 0.05) is 5.92 Å². The Bertz CT molecular complexity index is 452. The van der Waals surface area contributed by atoms with Crippen molar-refractivity contribution < 1.29 is 0 Å². The second kappa shape index (κ2) is 12.2. The van der Waals surface area contributed by atoms with Gasteiger partial charge in [-0.1, -0.05) is 74.5 Å². The van der Waals surface area contributed by atoms with E-state index in [0.717, 1.165) is 19.0 Å². The average molecular weight is 330 g/mol. The van der Waals surface area contributed by atoms with Crippen LogP contribution in [0.4, 0.5) is 0 Å². The van der Waals surface area contributed by atoms with Gasteiger partial charge in [-0.15, -0.1) is 0 Å². The fraction of sp³-hybridized carbons (Fsp3) is 0.429. The number of hydrogen-bond donors (Lipinski definition) is 2. The Kier molecular flexibility index (Phi) is 10.5. The molecule has 0 spiro atoms. The smallest absolute Gasteiger partial charge is 0.0119 e. The summed E-state index contributed by atoms with van der Waals surface area (Å²) in [5.41, 5.74) is 2.92. The molecule has 1 saturated heterocycles. The molecule has 1 aliphatic rings. The van der Waals surface area contributed by atoms with E-state index in [2.05, 4.69) is 78.6 Å². The van der Waals surface area contributed by atoms with Crippen molar-refractivity contribution in [3.8, 4) is 0 Å². The lowest BCUT2D eigenvalue weighted by Crippen LogP contribution is -2.31. The summed E-state index contributed by atoms with van der Waals surface area (Å²) >= 11 is 3.53. The van der Waals surface area contributed by atoms with Gasteiger partial charge in [-0.05, 0) is 49.2 Å². The second-order valence-corrected chi connectivity index (χ2v) is 5.39. The Morgan fingerprint density at radius 3 is 1.57 bits per heavy atom. The van der Waals surface area contributed by atoms with Gasteiger partial charge in [0.05, 0.1) is 0 Å². The van der Waals surface area contributed by atoms with Gasteiger partial charge in [-0.25, -0.2) is 0 Å². The van der Waals surface area contributed by atoms with Crippen LogP contribution in [0.25, 0.3) is 0 Å². The van der Waals surface area contributed by atoms with Crippen LogP contribution in [0.1, 0.15) is 43.7 Å². The molecule has 0 aromatic heterocycles. The van der Waals surface area contributed by atoms with Crippen LogP contribution in [-0.2, 0) is 0 Å². The number of hydrogen-bond acceptors (Lipinski definition) is 2. The normalized spacial score (nSPS) is 14.3. The summed E-state index contributed by atoms with van der Waals surface area (Å²) in [5, 5.41) is 3.47. The average Bonchev–Trinajstić information content (AvgIpc) is 2.68. The maximum atomic E-state index is 3.53. The number of benzene rings is 2. The fourth-order valence-corrected chi connectivity index (χ4v) is 3.24. The molecule has 2 aromatic carbocycles. The minimum Gasteiger partial charge on any atom is -0.317 e. The van der Waals surface area contributed by atoms with Crippen LogP contribution in [0.2, 0.25) is 0 Å². The van der Waals surface area contributed by atoms with E-state index in [0.29, 0.717) is 5.92 Å². The largest absolute Gasteiger partial charge is 0.317 e. The number of rotatable bonds is 3. The Hall–Kier alpha value is -1.25. The third kappa shape index (κ3) is 6.04. The van der Waals surface area contributed by atoms with Gasteiger partial charge in [0.25, 0.3) is 0 Å². The van der Waals surface area contributed by atoms with Gasteiger partial charge >= 0.3 is 0 Å². The van der Waals surface area contributed by atoms with Crippen molar-refractivity contribution in [2.45, 2.75) is 32.6 Å². The predicted molar refractivity (Wildman–Crippen MR) is 107 cm³/mol. The number of nitrogens with one attached hydrogen (secondary N) is 1. The molecule has 1 N–H and O–H groups in total. The number of thiol groups is 1. The molecule has 0 amide bonds. The third-order valence-corrected chi connectivity index (χ3v) is 4.17. The highest BCUT2D eigenvalue weighted by Crippen LogP contribution is 2.36. The highest BCUT2D eigenvalue weighted by atomic mass is 32.1. The van der Waals surface area contributed by atoms with Crippen LogP contribution in [0.15, 0.2) is 60.7 Å². The first kappa shape index (κ1) is 19.8. The van der Waals surface area contributed by atoms with Crippen molar-refractivity contribution in [3.63, 3.8) is 0 Å². The molecule has 0 unspecified atom stereocenters. The summed E-state index contributed by atoms with van der Waals surface area (Å²) in [6, 6.07) is 22.0. The van der Waals surface area contributed by atoms with Gasteiger partial charge in [-0.2, -0.15) is 12.6 Å². The standard InChI is InChI=1S/C18H21N.C2H6.CH4S/c1-3-7-15(8-4-1)18(16-9-5-2-6-10-16)17-11-13-19-14-12-17;2*1-2/h1-10,17-19H,11-14H2;1-2H3;2H,1H3. The Morgan fingerprint density at radius 2 is 1.17 bits per heavy atom. The molecule has 0 atom stereocenters. The molecule has 0 aliphatic carbocycles. The first-order chi connectivity index (χ1) is 11.4. The summed E-state index contributed by atoms with van der Waals surface area (Å²) in [6.07, 6.45) is 4.24. The van der Waals surface area contributed by atoms with Crippen molar-refractivity contribution in [1.82, 2.24) is 5.32 Å². The van der Waals surface area contributed by atoms with E-state index >= 15 is 0 Å². The van der Waals surface area contributed by atoms with Crippen LogP contribution in [-0.4, -0.2) is 19.3 Å².